The van der Waals surface area contributed by atoms with Crippen LogP contribution in [0.5, 0.6) is 0 Å². The summed E-state index contributed by atoms with van der Waals surface area (Å²) in [7, 11) is 0. The third-order valence-corrected chi connectivity index (χ3v) is 13.4. The molecule has 0 radical (unpaired) electrons. The smallest absolute Gasteiger partial charge is 0.0741 e. The minimum atomic E-state index is -0.582. The second-order valence-electron chi connectivity index (χ2n) is 15.2. The molecule has 0 aliphatic heterocycles. The molecule has 0 N–H and O–H groups in total. The quantitative estimate of drug-likeness (QED) is 0.167. The van der Waals surface area contributed by atoms with E-state index in [4.69, 9.17) is 0 Å². The minimum absolute atomic E-state index is 0.582. The number of rotatable bonds is 6. The zero-order chi connectivity index (χ0) is 38.2. The first kappa shape index (κ1) is 33.0. The van der Waals surface area contributed by atoms with Gasteiger partial charge in [0, 0.05) is 54.2 Å². The van der Waals surface area contributed by atoms with Crippen LogP contribution in [0, 0.1) is 0 Å². The Morgan fingerprint density at radius 3 is 1.40 bits per heavy atom. The molecule has 272 valence electrons. The SMILES string of the molecule is c1ccc(N(c2ccccc2)c2cc(N(c3ccccc3)c3ccccc3)c3c(c2)C2(c4ccccc4-c4ccccc42)c2c-3ccc3c2sc2ccccc23)cc1. The summed E-state index contributed by atoms with van der Waals surface area (Å²) < 4.78 is 2.66. The molecule has 0 unspecified atom stereocenters. The fourth-order valence-electron chi connectivity index (χ4n) is 9.98. The van der Waals surface area contributed by atoms with Crippen molar-refractivity contribution < 1.29 is 0 Å². The fourth-order valence-corrected chi connectivity index (χ4v) is 11.3. The van der Waals surface area contributed by atoms with Crippen molar-refractivity contribution in [1.82, 2.24) is 0 Å². The molecule has 9 aromatic carbocycles. The largest absolute Gasteiger partial charge is 0.310 e. The first-order valence-corrected chi connectivity index (χ1v) is 20.8. The zero-order valence-corrected chi connectivity index (χ0v) is 32.4. The van der Waals surface area contributed by atoms with Crippen molar-refractivity contribution in [3.05, 3.63) is 241 Å². The molecule has 3 heteroatoms. The first-order chi connectivity index (χ1) is 28.8. The van der Waals surface area contributed by atoms with Gasteiger partial charge in [-0.15, -0.1) is 11.3 Å². The van der Waals surface area contributed by atoms with E-state index in [-0.39, 0.29) is 0 Å². The van der Waals surface area contributed by atoms with Crippen LogP contribution in [0.25, 0.3) is 42.4 Å². The van der Waals surface area contributed by atoms with Gasteiger partial charge in [-0.3, -0.25) is 0 Å². The predicted molar refractivity (Wildman–Crippen MR) is 245 cm³/mol. The van der Waals surface area contributed by atoms with E-state index in [9.17, 15) is 0 Å². The van der Waals surface area contributed by atoms with Crippen molar-refractivity contribution >= 4 is 65.6 Å². The van der Waals surface area contributed by atoms with Gasteiger partial charge in [0.05, 0.1) is 11.1 Å². The molecule has 2 nitrogen and oxygen atoms in total. The van der Waals surface area contributed by atoms with Gasteiger partial charge < -0.3 is 9.80 Å². The highest BCUT2D eigenvalue weighted by molar-refractivity contribution is 7.26. The van der Waals surface area contributed by atoms with E-state index in [1.807, 2.05) is 11.3 Å². The molecule has 1 heterocycles. The molecule has 0 saturated carbocycles. The lowest BCUT2D eigenvalue weighted by molar-refractivity contribution is 0.802. The number of hydrogen-bond acceptors (Lipinski definition) is 3. The Hall–Kier alpha value is -7.20. The Bertz CT molecular complexity index is 3050. The first-order valence-electron chi connectivity index (χ1n) is 19.9. The van der Waals surface area contributed by atoms with E-state index >= 15 is 0 Å². The summed E-state index contributed by atoms with van der Waals surface area (Å²) in [6, 6.07) is 80.4. The van der Waals surface area contributed by atoms with Crippen LogP contribution in [0.2, 0.25) is 0 Å². The van der Waals surface area contributed by atoms with Gasteiger partial charge in [0.15, 0.2) is 0 Å². The molecule has 0 fully saturated rings. The van der Waals surface area contributed by atoms with Crippen LogP contribution in [0.4, 0.5) is 34.1 Å². The molecule has 58 heavy (non-hydrogen) atoms. The van der Waals surface area contributed by atoms with Crippen LogP contribution >= 0.6 is 11.3 Å². The Balaban J connectivity index is 1.30. The third kappa shape index (κ3) is 4.65. The van der Waals surface area contributed by atoms with Crippen LogP contribution in [0.3, 0.4) is 0 Å². The van der Waals surface area contributed by atoms with Gasteiger partial charge >= 0.3 is 0 Å². The van der Waals surface area contributed by atoms with E-state index in [0.717, 1.165) is 34.1 Å². The molecular formula is C55H36N2S. The average molecular weight is 757 g/mol. The predicted octanol–water partition coefficient (Wildman–Crippen LogP) is 15.3. The molecule has 0 bridgehead atoms. The van der Waals surface area contributed by atoms with E-state index < -0.39 is 5.41 Å². The van der Waals surface area contributed by atoms with Gasteiger partial charge in [0.2, 0.25) is 0 Å². The van der Waals surface area contributed by atoms with E-state index in [1.165, 1.54) is 64.7 Å². The van der Waals surface area contributed by atoms with E-state index in [0.29, 0.717) is 0 Å². The lowest BCUT2D eigenvalue weighted by Gasteiger charge is -2.34. The number of nitrogens with zero attached hydrogens (tertiary/aromatic N) is 2. The third-order valence-electron chi connectivity index (χ3n) is 12.2. The summed E-state index contributed by atoms with van der Waals surface area (Å²) in [6.07, 6.45) is 0. The summed E-state index contributed by atoms with van der Waals surface area (Å²) >= 11 is 1.94. The summed E-state index contributed by atoms with van der Waals surface area (Å²) in [5, 5.41) is 2.62. The van der Waals surface area contributed by atoms with E-state index in [2.05, 4.69) is 228 Å². The molecule has 0 amide bonds. The highest BCUT2D eigenvalue weighted by Gasteiger charge is 2.54. The Labute approximate surface area is 342 Å². The monoisotopic (exact) mass is 756 g/mol. The van der Waals surface area contributed by atoms with Gasteiger partial charge in [-0.2, -0.15) is 0 Å². The van der Waals surface area contributed by atoms with Crippen LogP contribution in [0.1, 0.15) is 22.3 Å². The lowest BCUT2D eigenvalue weighted by atomic mass is 9.70. The highest BCUT2D eigenvalue weighted by Crippen LogP contribution is 2.67. The van der Waals surface area contributed by atoms with Gasteiger partial charge in [-0.1, -0.05) is 152 Å². The van der Waals surface area contributed by atoms with Crippen molar-refractivity contribution in [3.63, 3.8) is 0 Å². The second kappa shape index (κ2) is 12.9. The summed E-state index contributed by atoms with van der Waals surface area (Å²) in [5.41, 5.74) is 16.6. The van der Waals surface area contributed by atoms with Gasteiger partial charge in [-0.05, 0) is 106 Å². The maximum atomic E-state index is 2.52. The molecule has 0 saturated heterocycles. The normalized spacial score (nSPS) is 13.0. The van der Waals surface area contributed by atoms with Crippen LogP contribution < -0.4 is 9.80 Å². The number of anilines is 6. The molecule has 2 aliphatic carbocycles. The Kier molecular flexibility index (Phi) is 7.35. The van der Waals surface area contributed by atoms with Gasteiger partial charge in [0.25, 0.3) is 0 Å². The number of benzene rings is 9. The van der Waals surface area contributed by atoms with Crippen LogP contribution in [-0.2, 0) is 5.41 Å². The Morgan fingerprint density at radius 1 is 0.345 bits per heavy atom. The van der Waals surface area contributed by atoms with Gasteiger partial charge in [-0.25, -0.2) is 0 Å². The molecule has 0 atom stereocenters. The maximum absolute atomic E-state index is 2.52. The minimum Gasteiger partial charge on any atom is -0.310 e. The van der Waals surface area contributed by atoms with Crippen molar-refractivity contribution in [2.45, 2.75) is 5.41 Å². The molecule has 10 aromatic rings. The summed E-state index contributed by atoms with van der Waals surface area (Å²) in [6.45, 7) is 0. The zero-order valence-electron chi connectivity index (χ0n) is 31.6. The van der Waals surface area contributed by atoms with E-state index in [1.54, 1.807) is 0 Å². The standard InChI is InChI=1S/C55H36N2S/c1-5-19-37(20-6-1)56(38-21-7-2-8-22-38)41-35-49-52(50(36-41)57(39-23-9-3-10-24-39)40-25-11-4-12-26-40)46-34-33-45-44-29-15-18-32-51(44)58-54(45)53(46)55(49)47-30-16-13-27-42(47)43-28-14-17-31-48(43)55/h1-36H. The summed E-state index contributed by atoms with van der Waals surface area (Å²) in [5.74, 6) is 0. The van der Waals surface area contributed by atoms with Crippen molar-refractivity contribution in [1.29, 1.82) is 0 Å². The van der Waals surface area contributed by atoms with Crippen molar-refractivity contribution in [2.24, 2.45) is 0 Å². The molecular weight excluding hydrogens is 721 g/mol. The van der Waals surface area contributed by atoms with Crippen molar-refractivity contribution in [2.75, 3.05) is 9.80 Å². The van der Waals surface area contributed by atoms with Crippen molar-refractivity contribution in [3.8, 4) is 22.3 Å². The molecule has 1 spiro atoms. The lowest BCUT2D eigenvalue weighted by Crippen LogP contribution is -2.26. The van der Waals surface area contributed by atoms with Crippen LogP contribution in [0.15, 0.2) is 218 Å². The highest BCUT2D eigenvalue weighted by atomic mass is 32.1. The maximum Gasteiger partial charge on any atom is 0.0741 e. The number of thiophene rings is 1. The second-order valence-corrected chi connectivity index (χ2v) is 16.3. The number of fused-ring (bicyclic) bond motifs is 14. The Morgan fingerprint density at radius 2 is 0.828 bits per heavy atom. The molecule has 12 rings (SSSR count). The molecule has 1 aromatic heterocycles. The topological polar surface area (TPSA) is 6.48 Å². The number of hydrogen-bond donors (Lipinski definition) is 0. The number of para-hydroxylation sites is 4. The molecule has 2 aliphatic rings. The van der Waals surface area contributed by atoms with Crippen LogP contribution in [-0.4, -0.2) is 0 Å². The fraction of sp³-hybridized carbons (Fsp3) is 0.0182. The summed E-state index contributed by atoms with van der Waals surface area (Å²) in [4.78, 5) is 4.90. The average Bonchev–Trinajstić information content (AvgIpc) is 3.92. The van der Waals surface area contributed by atoms with Gasteiger partial charge in [0.1, 0.15) is 0 Å².